The van der Waals surface area contributed by atoms with E-state index in [9.17, 15) is 4.39 Å². The minimum Gasteiger partial charge on any atom is -0.497 e. The predicted molar refractivity (Wildman–Crippen MR) is 110 cm³/mol. The molecule has 0 aliphatic carbocycles. The summed E-state index contributed by atoms with van der Waals surface area (Å²) in [5, 5.41) is 3.71. The van der Waals surface area contributed by atoms with Crippen molar-refractivity contribution >= 4 is 23.0 Å². The van der Waals surface area contributed by atoms with Crippen LogP contribution >= 0.6 is 12.2 Å². The lowest BCUT2D eigenvalue weighted by molar-refractivity contribution is 0.360. The summed E-state index contributed by atoms with van der Waals surface area (Å²) in [5.41, 5.74) is 1.65. The zero-order valence-corrected chi connectivity index (χ0v) is 16.5. The van der Waals surface area contributed by atoms with Gasteiger partial charge in [0.05, 0.1) is 32.7 Å². The third-order valence-corrected chi connectivity index (χ3v) is 4.51. The van der Waals surface area contributed by atoms with Crippen LogP contribution in [0.25, 0.3) is 0 Å². The quantitative estimate of drug-likeness (QED) is 0.573. The number of hydrogen-bond acceptors (Lipinski definition) is 4. The Kier molecular flexibility index (Phi) is 6.49. The molecule has 146 valence electrons. The van der Waals surface area contributed by atoms with Gasteiger partial charge >= 0.3 is 0 Å². The lowest BCUT2D eigenvalue weighted by atomic mass is 10.2. The van der Waals surface area contributed by atoms with Crippen LogP contribution < -0.4 is 14.8 Å². The van der Waals surface area contributed by atoms with Crippen molar-refractivity contribution < 1.29 is 18.3 Å². The van der Waals surface area contributed by atoms with Gasteiger partial charge in [0.15, 0.2) is 5.11 Å². The van der Waals surface area contributed by atoms with E-state index in [1.165, 1.54) is 12.1 Å². The highest BCUT2D eigenvalue weighted by molar-refractivity contribution is 7.80. The smallest absolute Gasteiger partial charge is 0.174 e. The van der Waals surface area contributed by atoms with Crippen molar-refractivity contribution in [2.24, 2.45) is 0 Å². The van der Waals surface area contributed by atoms with Crippen LogP contribution in [0.4, 0.5) is 10.1 Å². The number of rotatable bonds is 7. The molecule has 1 heterocycles. The molecule has 1 aromatic heterocycles. The van der Waals surface area contributed by atoms with Gasteiger partial charge in [0.2, 0.25) is 0 Å². The molecule has 0 aliphatic rings. The molecule has 3 rings (SSSR count). The molecule has 0 fully saturated rings. The molecule has 0 saturated carbocycles. The van der Waals surface area contributed by atoms with E-state index in [2.05, 4.69) is 5.32 Å². The van der Waals surface area contributed by atoms with Gasteiger partial charge in [0.25, 0.3) is 0 Å². The number of furan rings is 1. The van der Waals surface area contributed by atoms with Crippen LogP contribution in [0.2, 0.25) is 0 Å². The molecule has 7 heteroatoms. The fraction of sp³-hybridized carbons (Fsp3) is 0.190. The van der Waals surface area contributed by atoms with Gasteiger partial charge in [-0.05, 0) is 54.2 Å². The number of nitrogens with one attached hydrogen (secondary N) is 1. The normalized spacial score (nSPS) is 10.4. The van der Waals surface area contributed by atoms with E-state index in [1.807, 2.05) is 29.2 Å². The Morgan fingerprint density at radius 2 is 1.86 bits per heavy atom. The van der Waals surface area contributed by atoms with Crippen molar-refractivity contribution in [2.75, 3.05) is 19.5 Å². The summed E-state index contributed by atoms with van der Waals surface area (Å²) in [6, 6.07) is 15.5. The number of nitrogens with zero attached hydrogens (tertiary/aromatic N) is 1. The number of thiocarbonyl (C=S) groups is 1. The summed E-state index contributed by atoms with van der Waals surface area (Å²) in [6.45, 7) is 0.958. The van der Waals surface area contributed by atoms with Gasteiger partial charge < -0.3 is 24.1 Å². The molecule has 0 unspecified atom stereocenters. The van der Waals surface area contributed by atoms with Crippen LogP contribution in [0.3, 0.4) is 0 Å². The van der Waals surface area contributed by atoms with Crippen LogP contribution in [0, 0.1) is 5.82 Å². The maximum atomic E-state index is 13.2. The maximum Gasteiger partial charge on any atom is 0.174 e. The SMILES string of the molecule is COc1ccc(NC(=S)N(Cc2ccc(F)cc2)Cc2ccco2)c(OC)c1. The molecule has 0 aliphatic heterocycles. The van der Waals surface area contributed by atoms with E-state index in [1.54, 1.807) is 38.7 Å². The second-order valence-corrected chi connectivity index (χ2v) is 6.44. The molecular weight excluding hydrogens is 379 g/mol. The molecule has 3 aromatic rings. The fourth-order valence-corrected chi connectivity index (χ4v) is 2.94. The number of benzene rings is 2. The molecule has 0 spiro atoms. The average molecular weight is 400 g/mol. The van der Waals surface area contributed by atoms with Crippen molar-refractivity contribution in [3.63, 3.8) is 0 Å². The second kappa shape index (κ2) is 9.23. The van der Waals surface area contributed by atoms with Gasteiger partial charge in [0, 0.05) is 12.6 Å². The van der Waals surface area contributed by atoms with Gasteiger partial charge in [0.1, 0.15) is 23.1 Å². The van der Waals surface area contributed by atoms with Gasteiger partial charge in [-0.15, -0.1) is 0 Å². The Hall–Kier alpha value is -3.06. The third kappa shape index (κ3) is 5.01. The molecule has 0 bridgehead atoms. The van der Waals surface area contributed by atoms with Crippen LogP contribution in [-0.4, -0.2) is 24.2 Å². The second-order valence-electron chi connectivity index (χ2n) is 6.06. The Morgan fingerprint density at radius 1 is 1.07 bits per heavy atom. The Morgan fingerprint density at radius 3 is 2.50 bits per heavy atom. The summed E-state index contributed by atoms with van der Waals surface area (Å²) >= 11 is 5.64. The highest BCUT2D eigenvalue weighted by Crippen LogP contribution is 2.29. The summed E-state index contributed by atoms with van der Waals surface area (Å²) in [6.07, 6.45) is 1.62. The Labute approximate surface area is 168 Å². The Balaban J connectivity index is 1.80. The maximum absolute atomic E-state index is 13.2. The monoisotopic (exact) mass is 400 g/mol. The van der Waals surface area contributed by atoms with Crippen molar-refractivity contribution in [1.29, 1.82) is 0 Å². The minimum absolute atomic E-state index is 0.273. The standard InChI is InChI=1S/C21H21FN2O3S/c1-25-17-9-10-19(20(12-17)26-2)23-21(28)24(14-18-4-3-11-27-18)13-15-5-7-16(22)8-6-15/h3-12H,13-14H2,1-2H3,(H,23,28). The largest absolute Gasteiger partial charge is 0.497 e. The van der Waals surface area contributed by atoms with E-state index in [0.717, 1.165) is 17.0 Å². The van der Waals surface area contributed by atoms with Gasteiger partial charge in [-0.25, -0.2) is 4.39 Å². The molecule has 1 N–H and O–H groups in total. The van der Waals surface area contributed by atoms with Crippen molar-refractivity contribution in [3.05, 3.63) is 78.0 Å². The number of ether oxygens (including phenoxy) is 2. The van der Waals surface area contributed by atoms with Gasteiger partial charge in [-0.3, -0.25) is 0 Å². The first kappa shape index (κ1) is 19.7. The summed E-state index contributed by atoms with van der Waals surface area (Å²) < 4.78 is 29.3. The topological polar surface area (TPSA) is 46.9 Å². The lowest BCUT2D eigenvalue weighted by Gasteiger charge is -2.26. The van der Waals surface area contributed by atoms with E-state index in [0.29, 0.717) is 29.7 Å². The molecule has 2 aromatic carbocycles. The highest BCUT2D eigenvalue weighted by atomic mass is 32.1. The first-order valence-electron chi connectivity index (χ1n) is 8.64. The number of methoxy groups -OCH3 is 2. The third-order valence-electron chi connectivity index (χ3n) is 4.15. The lowest BCUT2D eigenvalue weighted by Crippen LogP contribution is -2.33. The summed E-state index contributed by atoms with van der Waals surface area (Å²) in [7, 11) is 3.18. The zero-order chi connectivity index (χ0) is 19.9. The fourth-order valence-electron chi connectivity index (χ4n) is 2.70. The molecule has 0 saturated heterocycles. The van der Waals surface area contributed by atoms with Crippen molar-refractivity contribution in [1.82, 2.24) is 4.90 Å². The predicted octanol–water partition coefficient (Wildman–Crippen LogP) is 4.84. The van der Waals surface area contributed by atoms with E-state index >= 15 is 0 Å². The van der Waals surface area contributed by atoms with Crippen molar-refractivity contribution in [3.8, 4) is 11.5 Å². The minimum atomic E-state index is -0.273. The molecule has 5 nitrogen and oxygen atoms in total. The van der Waals surface area contributed by atoms with E-state index in [4.69, 9.17) is 26.1 Å². The molecule has 28 heavy (non-hydrogen) atoms. The zero-order valence-electron chi connectivity index (χ0n) is 15.6. The Bertz CT molecular complexity index is 914. The van der Waals surface area contributed by atoms with Crippen LogP contribution in [0.15, 0.2) is 65.3 Å². The first-order chi connectivity index (χ1) is 13.6. The van der Waals surface area contributed by atoms with Crippen LogP contribution in [0.5, 0.6) is 11.5 Å². The van der Waals surface area contributed by atoms with Crippen LogP contribution in [-0.2, 0) is 13.1 Å². The van der Waals surface area contributed by atoms with E-state index < -0.39 is 0 Å². The van der Waals surface area contributed by atoms with Crippen molar-refractivity contribution in [2.45, 2.75) is 13.1 Å². The average Bonchev–Trinajstić information content (AvgIpc) is 3.22. The first-order valence-corrected chi connectivity index (χ1v) is 9.04. The molecule has 0 amide bonds. The summed E-state index contributed by atoms with van der Waals surface area (Å²) in [4.78, 5) is 1.94. The highest BCUT2D eigenvalue weighted by Gasteiger charge is 2.15. The van der Waals surface area contributed by atoms with Gasteiger partial charge in [-0.2, -0.15) is 0 Å². The van der Waals surface area contributed by atoms with E-state index in [-0.39, 0.29) is 5.82 Å². The number of halogens is 1. The molecule has 0 radical (unpaired) electrons. The van der Waals surface area contributed by atoms with Crippen LogP contribution in [0.1, 0.15) is 11.3 Å². The molecular formula is C21H21FN2O3S. The van der Waals surface area contributed by atoms with Gasteiger partial charge in [-0.1, -0.05) is 12.1 Å². The molecule has 0 atom stereocenters. The summed E-state index contributed by atoms with van der Waals surface area (Å²) in [5.74, 6) is 1.80. The number of anilines is 1. The number of hydrogen-bond donors (Lipinski definition) is 1.